The Hall–Kier alpha value is -1.14. The lowest BCUT2D eigenvalue weighted by atomic mass is 9.77. The number of amides is 2. The van der Waals surface area contributed by atoms with E-state index in [0.717, 1.165) is 6.42 Å². The quantitative estimate of drug-likeness (QED) is 0.802. The van der Waals surface area contributed by atoms with Crippen LogP contribution in [0.15, 0.2) is 0 Å². The SMILES string of the molecule is CCC(C)C(C)C1OC(OC)(C(=O)N(C)C)CC(C)C1NC(C)=O. The molecule has 1 N–H and O–H groups in total. The van der Waals surface area contributed by atoms with E-state index in [1.807, 2.05) is 6.92 Å². The van der Waals surface area contributed by atoms with Gasteiger partial charge in [-0.1, -0.05) is 34.1 Å². The van der Waals surface area contributed by atoms with Crippen LogP contribution in [-0.2, 0) is 19.1 Å². The first kappa shape index (κ1) is 20.9. The van der Waals surface area contributed by atoms with Crippen LogP contribution in [0.1, 0.15) is 47.5 Å². The molecule has 0 bridgehead atoms. The fourth-order valence-corrected chi connectivity index (χ4v) is 3.50. The Morgan fingerprint density at radius 3 is 2.38 bits per heavy atom. The molecule has 1 saturated heterocycles. The monoisotopic (exact) mass is 342 g/mol. The highest BCUT2D eigenvalue weighted by Gasteiger charge is 2.53. The second kappa shape index (κ2) is 8.30. The van der Waals surface area contributed by atoms with Crippen molar-refractivity contribution in [2.45, 2.75) is 65.4 Å². The predicted molar refractivity (Wildman–Crippen MR) is 93.3 cm³/mol. The Morgan fingerprint density at radius 2 is 1.96 bits per heavy atom. The van der Waals surface area contributed by atoms with Gasteiger partial charge in [0.05, 0.1) is 12.1 Å². The Labute approximate surface area is 146 Å². The van der Waals surface area contributed by atoms with E-state index in [2.05, 4.69) is 26.1 Å². The van der Waals surface area contributed by atoms with Crippen molar-refractivity contribution >= 4 is 11.8 Å². The number of rotatable bonds is 6. The maximum absolute atomic E-state index is 12.7. The molecule has 0 radical (unpaired) electrons. The van der Waals surface area contributed by atoms with E-state index >= 15 is 0 Å². The first-order chi connectivity index (χ1) is 11.1. The van der Waals surface area contributed by atoms with E-state index < -0.39 is 5.79 Å². The number of methoxy groups -OCH3 is 1. The Bertz CT molecular complexity index is 454. The number of hydrogen-bond acceptors (Lipinski definition) is 4. The second-order valence-corrected chi connectivity index (χ2v) is 7.39. The molecule has 0 spiro atoms. The third-order valence-electron chi connectivity index (χ3n) is 5.38. The fraction of sp³-hybridized carbons (Fsp3) is 0.889. The molecule has 1 aliphatic rings. The van der Waals surface area contributed by atoms with Gasteiger partial charge in [-0.3, -0.25) is 9.59 Å². The van der Waals surface area contributed by atoms with E-state index in [9.17, 15) is 9.59 Å². The molecule has 140 valence electrons. The average molecular weight is 342 g/mol. The summed E-state index contributed by atoms with van der Waals surface area (Å²) in [5, 5.41) is 3.03. The smallest absolute Gasteiger partial charge is 0.282 e. The Kier molecular flexibility index (Phi) is 7.23. The lowest BCUT2D eigenvalue weighted by molar-refractivity contribution is -0.283. The first-order valence-corrected chi connectivity index (χ1v) is 8.81. The average Bonchev–Trinajstić information content (AvgIpc) is 2.53. The van der Waals surface area contributed by atoms with Crippen LogP contribution in [-0.4, -0.2) is 55.9 Å². The molecule has 24 heavy (non-hydrogen) atoms. The summed E-state index contributed by atoms with van der Waals surface area (Å²) in [6, 6.07) is -0.135. The van der Waals surface area contributed by atoms with E-state index in [1.165, 1.54) is 18.9 Å². The Balaban J connectivity index is 3.22. The van der Waals surface area contributed by atoms with Crippen molar-refractivity contribution in [2.24, 2.45) is 17.8 Å². The molecule has 6 nitrogen and oxygen atoms in total. The highest BCUT2D eigenvalue weighted by molar-refractivity contribution is 5.83. The molecule has 0 saturated carbocycles. The second-order valence-electron chi connectivity index (χ2n) is 7.39. The summed E-state index contributed by atoms with van der Waals surface area (Å²) < 4.78 is 11.9. The number of nitrogens with zero attached hydrogens (tertiary/aromatic N) is 1. The fourth-order valence-electron chi connectivity index (χ4n) is 3.50. The summed E-state index contributed by atoms with van der Waals surface area (Å²) in [5.41, 5.74) is 0. The predicted octanol–water partition coefficient (Wildman–Crippen LogP) is 2.03. The van der Waals surface area contributed by atoms with Crippen molar-refractivity contribution in [3.8, 4) is 0 Å². The minimum atomic E-state index is -1.29. The van der Waals surface area contributed by atoms with Crippen LogP contribution in [0.2, 0.25) is 0 Å². The molecule has 0 aromatic heterocycles. The molecular weight excluding hydrogens is 308 g/mol. The largest absolute Gasteiger partial charge is 0.351 e. The molecule has 2 amide bonds. The maximum Gasteiger partial charge on any atom is 0.282 e. The minimum absolute atomic E-state index is 0.0583. The summed E-state index contributed by atoms with van der Waals surface area (Å²) in [6.07, 6.45) is 1.13. The Morgan fingerprint density at radius 1 is 1.38 bits per heavy atom. The zero-order chi connectivity index (χ0) is 18.7. The van der Waals surface area contributed by atoms with E-state index in [4.69, 9.17) is 9.47 Å². The number of likely N-dealkylation sites (N-methyl/N-ethyl adjacent to an activating group) is 1. The van der Waals surface area contributed by atoms with E-state index in [-0.39, 0.29) is 35.8 Å². The molecule has 0 aromatic carbocycles. The molecule has 1 fully saturated rings. The standard InChI is InChI=1S/C18H34N2O4/c1-9-11(2)13(4)16-15(19-14(5)21)12(3)10-18(23-8,24-16)17(22)20(6)7/h11-13,15-16H,9-10H2,1-8H3,(H,19,21). The third kappa shape index (κ3) is 4.28. The minimum Gasteiger partial charge on any atom is -0.351 e. The van der Waals surface area contributed by atoms with Gasteiger partial charge in [0.2, 0.25) is 11.7 Å². The van der Waals surface area contributed by atoms with Gasteiger partial charge < -0.3 is 19.7 Å². The number of hydrogen-bond donors (Lipinski definition) is 1. The summed E-state index contributed by atoms with van der Waals surface area (Å²) in [4.78, 5) is 25.9. The summed E-state index contributed by atoms with van der Waals surface area (Å²) >= 11 is 0. The van der Waals surface area contributed by atoms with Gasteiger partial charge in [-0.2, -0.15) is 0 Å². The molecule has 0 aliphatic carbocycles. The summed E-state index contributed by atoms with van der Waals surface area (Å²) in [5.74, 6) is -0.924. The molecule has 0 aromatic rings. The van der Waals surface area contributed by atoms with Crippen molar-refractivity contribution in [1.82, 2.24) is 10.2 Å². The summed E-state index contributed by atoms with van der Waals surface area (Å²) in [6.45, 7) is 9.97. The van der Waals surface area contributed by atoms with Crippen LogP contribution in [0.25, 0.3) is 0 Å². The van der Waals surface area contributed by atoms with Gasteiger partial charge in [0.1, 0.15) is 0 Å². The number of carbonyl (C=O) groups is 2. The normalized spacial score (nSPS) is 32.8. The van der Waals surface area contributed by atoms with Crippen LogP contribution in [0.4, 0.5) is 0 Å². The van der Waals surface area contributed by atoms with Crippen molar-refractivity contribution in [1.29, 1.82) is 0 Å². The zero-order valence-corrected chi connectivity index (χ0v) is 16.4. The highest BCUT2D eigenvalue weighted by atomic mass is 16.7. The maximum atomic E-state index is 12.7. The van der Waals surface area contributed by atoms with Crippen LogP contribution < -0.4 is 5.32 Å². The van der Waals surface area contributed by atoms with Gasteiger partial charge in [0.15, 0.2) is 0 Å². The van der Waals surface area contributed by atoms with E-state index in [0.29, 0.717) is 12.3 Å². The lowest BCUT2D eigenvalue weighted by Crippen LogP contribution is -2.64. The van der Waals surface area contributed by atoms with Crippen molar-refractivity contribution < 1.29 is 19.1 Å². The van der Waals surface area contributed by atoms with Crippen LogP contribution in [0, 0.1) is 17.8 Å². The molecule has 1 heterocycles. The topological polar surface area (TPSA) is 67.9 Å². The van der Waals surface area contributed by atoms with Gasteiger partial charge in [-0.15, -0.1) is 0 Å². The van der Waals surface area contributed by atoms with Gasteiger partial charge in [0, 0.05) is 34.5 Å². The molecule has 6 atom stereocenters. The molecule has 6 heteroatoms. The summed E-state index contributed by atoms with van der Waals surface area (Å²) in [7, 11) is 4.91. The van der Waals surface area contributed by atoms with Gasteiger partial charge in [-0.05, 0) is 17.8 Å². The van der Waals surface area contributed by atoms with Crippen LogP contribution in [0.3, 0.4) is 0 Å². The first-order valence-electron chi connectivity index (χ1n) is 8.81. The van der Waals surface area contributed by atoms with Crippen molar-refractivity contribution in [2.75, 3.05) is 21.2 Å². The van der Waals surface area contributed by atoms with Crippen LogP contribution >= 0.6 is 0 Å². The number of carbonyl (C=O) groups excluding carboxylic acids is 2. The van der Waals surface area contributed by atoms with Gasteiger partial charge in [-0.25, -0.2) is 0 Å². The number of ether oxygens (including phenoxy) is 2. The van der Waals surface area contributed by atoms with Crippen LogP contribution in [0.5, 0.6) is 0 Å². The molecule has 1 rings (SSSR count). The zero-order valence-electron chi connectivity index (χ0n) is 16.4. The van der Waals surface area contributed by atoms with Crippen molar-refractivity contribution in [3.63, 3.8) is 0 Å². The van der Waals surface area contributed by atoms with Crippen molar-refractivity contribution in [3.05, 3.63) is 0 Å². The molecule has 6 unspecified atom stereocenters. The molecule has 1 aliphatic heterocycles. The van der Waals surface area contributed by atoms with Gasteiger partial charge >= 0.3 is 0 Å². The number of nitrogens with one attached hydrogen (secondary N) is 1. The highest BCUT2D eigenvalue weighted by Crippen LogP contribution is 2.39. The van der Waals surface area contributed by atoms with E-state index in [1.54, 1.807) is 14.1 Å². The lowest BCUT2D eigenvalue weighted by Gasteiger charge is -2.49. The molecular formula is C18H34N2O4. The van der Waals surface area contributed by atoms with Gasteiger partial charge in [0.25, 0.3) is 5.91 Å². The third-order valence-corrected chi connectivity index (χ3v) is 5.38.